The third-order valence-corrected chi connectivity index (χ3v) is 4.27. The van der Waals surface area contributed by atoms with Crippen molar-refractivity contribution < 1.29 is 14.6 Å². The molecule has 4 heteroatoms. The van der Waals surface area contributed by atoms with E-state index in [-0.39, 0.29) is 12.1 Å². The molecule has 1 saturated heterocycles. The van der Waals surface area contributed by atoms with Crippen LogP contribution >= 0.6 is 0 Å². The second-order valence-corrected chi connectivity index (χ2v) is 5.23. The minimum absolute atomic E-state index is 0.126. The maximum atomic E-state index is 11.2. The minimum Gasteiger partial charge on any atom is -0.469 e. The van der Waals surface area contributed by atoms with E-state index in [1.807, 2.05) is 0 Å². The highest BCUT2D eigenvalue weighted by Crippen LogP contribution is 2.35. The van der Waals surface area contributed by atoms with Gasteiger partial charge in [-0.3, -0.25) is 9.69 Å². The third kappa shape index (κ3) is 2.99. The number of aliphatic hydroxyl groups is 1. The summed E-state index contributed by atoms with van der Waals surface area (Å²) >= 11 is 0. The summed E-state index contributed by atoms with van der Waals surface area (Å²) < 4.78 is 4.68. The molecule has 0 radical (unpaired) electrons. The van der Waals surface area contributed by atoms with E-state index < -0.39 is 0 Å². The van der Waals surface area contributed by atoms with Gasteiger partial charge in [0.05, 0.1) is 19.6 Å². The summed E-state index contributed by atoms with van der Waals surface area (Å²) in [6.45, 7) is 1.84. The summed E-state index contributed by atoms with van der Waals surface area (Å²) in [4.78, 5) is 13.5. The second-order valence-electron chi connectivity index (χ2n) is 5.23. The van der Waals surface area contributed by atoms with E-state index in [0.29, 0.717) is 18.4 Å². The first kappa shape index (κ1) is 12.8. The first-order valence-electron chi connectivity index (χ1n) is 6.71. The Morgan fingerprint density at radius 1 is 1.35 bits per heavy atom. The van der Waals surface area contributed by atoms with Crippen molar-refractivity contribution >= 4 is 5.97 Å². The molecule has 1 saturated carbocycles. The van der Waals surface area contributed by atoms with Crippen LogP contribution in [0.1, 0.15) is 38.5 Å². The number of rotatable bonds is 4. The van der Waals surface area contributed by atoms with Crippen LogP contribution in [0.15, 0.2) is 0 Å². The van der Waals surface area contributed by atoms with Crippen LogP contribution < -0.4 is 0 Å². The van der Waals surface area contributed by atoms with E-state index in [1.54, 1.807) is 0 Å². The highest BCUT2D eigenvalue weighted by molar-refractivity contribution is 5.69. The Balaban J connectivity index is 1.86. The van der Waals surface area contributed by atoms with Gasteiger partial charge < -0.3 is 9.84 Å². The molecule has 0 bridgehead atoms. The molecule has 2 fully saturated rings. The summed E-state index contributed by atoms with van der Waals surface area (Å²) in [5, 5.41) is 9.97. The fourth-order valence-corrected chi connectivity index (χ4v) is 3.37. The average molecular weight is 241 g/mol. The quantitative estimate of drug-likeness (QED) is 0.751. The molecule has 0 spiro atoms. The van der Waals surface area contributed by atoms with Crippen molar-refractivity contribution in [3.8, 4) is 0 Å². The van der Waals surface area contributed by atoms with Gasteiger partial charge in [-0.2, -0.15) is 0 Å². The fraction of sp³-hybridized carbons (Fsp3) is 0.923. The number of aliphatic hydroxyl groups excluding tert-OH is 1. The van der Waals surface area contributed by atoms with Crippen LogP contribution in [0.5, 0.6) is 0 Å². The number of ether oxygens (including phenoxy) is 1. The lowest BCUT2D eigenvalue weighted by Gasteiger charge is -2.30. The van der Waals surface area contributed by atoms with Crippen molar-refractivity contribution in [2.75, 3.05) is 20.2 Å². The summed E-state index contributed by atoms with van der Waals surface area (Å²) in [6.07, 6.45) is 5.94. The minimum atomic E-state index is -0.136. The maximum absolute atomic E-state index is 11.2. The van der Waals surface area contributed by atoms with Crippen LogP contribution in [0, 0.1) is 5.92 Å². The second kappa shape index (κ2) is 5.83. The lowest BCUT2D eigenvalue weighted by atomic mass is 9.94. The van der Waals surface area contributed by atoms with Crippen molar-refractivity contribution in [1.82, 2.24) is 4.90 Å². The van der Waals surface area contributed by atoms with Crippen LogP contribution in [-0.4, -0.2) is 48.3 Å². The molecule has 0 amide bonds. The molecule has 4 nitrogen and oxygen atoms in total. The highest BCUT2D eigenvalue weighted by atomic mass is 16.5. The van der Waals surface area contributed by atoms with Crippen molar-refractivity contribution in [2.45, 2.75) is 50.7 Å². The van der Waals surface area contributed by atoms with E-state index in [4.69, 9.17) is 0 Å². The van der Waals surface area contributed by atoms with Gasteiger partial charge in [0, 0.05) is 18.5 Å². The van der Waals surface area contributed by atoms with Crippen LogP contribution in [0.3, 0.4) is 0 Å². The molecule has 1 aliphatic carbocycles. The molecular weight excluding hydrogens is 218 g/mol. The molecule has 2 rings (SSSR count). The molecule has 98 valence electrons. The van der Waals surface area contributed by atoms with Gasteiger partial charge >= 0.3 is 5.97 Å². The topological polar surface area (TPSA) is 49.8 Å². The number of esters is 1. The Kier molecular flexibility index (Phi) is 4.40. The van der Waals surface area contributed by atoms with Gasteiger partial charge in [0.2, 0.25) is 0 Å². The molecule has 0 aromatic carbocycles. The number of hydrogen-bond acceptors (Lipinski definition) is 4. The molecule has 0 aromatic heterocycles. The lowest BCUT2D eigenvalue weighted by molar-refractivity contribution is -0.141. The van der Waals surface area contributed by atoms with E-state index >= 15 is 0 Å². The zero-order chi connectivity index (χ0) is 12.3. The average Bonchev–Trinajstić information content (AvgIpc) is 2.93. The number of likely N-dealkylation sites (tertiary alicyclic amines) is 1. The van der Waals surface area contributed by atoms with Gasteiger partial charge in [-0.15, -0.1) is 0 Å². The van der Waals surface area contributed by atoms with Gasteiger partial charge in [0.1, 0.15) is 0 Å². The van der Waals surface area contributed by atoms with Crippen molar-refractivity contribution in [2.24, 2.45) is 5.92 Å². The Hall–Kier alpha value is -0.610. The van der Waals surface area contributed by atoms with Crippen LogP contribution in [-0.2, 0) is 9.53 Å². The highest BCUT2D eigenvalue weighted by Gasteiger charge is 2.37. The van der Waals surface area contributed by atoms with Crippen LogP contribution in [0.2, 0.25) is 0 Å². The molecule has 3 atom stereocenters. The van der Waals surface area contributed by atoms with Crippen molar-refractivity contribution in [3.63, 3.8) is 0 Å². The van der Waals surface area contributed by atoms with E-state index in [1.165, 1.54) is 20.0 Å². The molecule has 3 unspecified atom stereocenters. The Bertz CT molecular complexity index is 269. The largest absolute Gasteiger partial charge is 0.469 e. The van der Waals surface area contributed by atoms with Crippen molar-refractivity contribution in [3.05, 3.63) is 0 Å². The first-order chi connectivity index (χ1) is 8.22. The fourth-order valence-electron chi connectivity index (χ4n) is 3.37. The molecule has 17 heavy (non-hydrogen) atoms. The van der Waals surface area contributed by atoms with Gasteiger partial charge in [-0.1, -0.05) is 6.42 Å². The SMILES string of the molecule is COC(=O)CCN1CCCC1C1CCCC1O. The third-order valence-electron chi connectivity index (χ3n) is 4.27. The van der Waals surface area contributed by atoms with Gasteiger partial charge in [0.15, 0.2) is 0 Å². The van der Waals surface area contributed by atoms with E-state index in [2.05, 4.69) is 9.64 Å². The molecule has 1 heterocycles. The smallest absolute Gasteiger partial charge is 0.306 e. The molecule has 1 aliphatic heterocycles. The molecular formula is C13H23NO3. The van der Waals surface area contributed by atoms with E-state index in [0.717, 1.165) is 32.4 Å². The number of carbonyl (C=O) groups is 1. The summed E-state index contributed by atoms with van der Waals surface area (Å²) in [5.74, 6) is 0.290. The van der Waals surface area contributed by atoms with Gasteiger partial charge in [-0.05, 0) is 32.2 Å². The van der Waals surface area contributed by atoms with E-state index in [9.17, 15) is 9.90 Å². The number of hydrogen-bond donors (Lipinski definition) is 1. The van der Waals surface area contributed by atoms with Gasteiger partial charge in [0.25, 0.3) is 0 Å². The van der Waals surface area contributed by atoms with Gasteiger partial charge in [-0.25, -0.2) is 0 Å². The number of carbonyl (C=O) groups excluding carboxylic acids is 1. The zero-order valence-electron chi connectivity index (χ0n) is 10.6. The Morgan fingerprint density at radius 2 is 2.18 bits per heavy atom. The summed E-state index contributed by atoms with van der Waals surface area (Å²) in [5.41, 5.74) is 0. The first-order valence-corrected chi connectivity index (χ1v) is 6.71. The number of nitrogens with zero attached hydrogens (tertiary/aromatic N) is 1. The van der Waals surface area contributed by atoms with Crippen LogP contribution in [0.25, 0.3) is 0 Å². The Labute approximate surface area is 103 Å². The van der Waals surface area contributed by atoms with Crippen LogP contribution in [0.4, 0.5) is 0 Å². The Morgan fingerprint density at radius 3 is 2.82 bits per heavy atom. The predicted octanol–water partition coefficient (Wildman–Crippen LogP) is 1.17. The molecule has 2 aliphatic rings. The summed E-state index contributed by atoms with van der Waals surface area (Å²) in [7, 11) is 1.44. The normalized spacial score (nSPS) is 34.1. The van der Waals surface area contributed by atoms with Crippen molar-refractivity contribution in [1.29, 1.82) is 0 Å². The monoisotopic (exact) mass is 241 g/mol. The standard InChI is InChI=1S/C13H23NO3/c1-17-13(16)7-9-14-8-3-5-11(14)10-4-2-6-12(10)15/h10-12,15H,2-9H2,1H3. The lowest BCUT2D eigenvalue weighted by Crippen LogP contribution is -2.39. The number of methoxy groups -OCH3 is 1. The zero-order valence-corrected chi connectivity index (χ0v) is 10.6. The maximum Gasteiger partial charge on any atom is 0.306 e. The summed E-state index contributed by atoms with van der Waals surface area (Å²) in [6, 6.07) is 0.483. The molecule has 0 aromatic rings. The predicted molar refractivity (Wildman–Crippen MR) is 64.6 cm³/mol. The molecule has 1 N–H and O–H groups in total.